The number of hydrogen-bond acceptors (Lipinski definition) is 2. The Morgan fingerprint density at radius 3 is 1.84 bits per heavy atom. The fourth-order valence-corrected chi connectivity index (χ4v) is 5.81. The molecule has 0 spiro atoms. The van der Waals surface area contributed by atoms with Crippen LogP contribution in [-0.2, 0) is 0 Å². The largest absolute Gasteiger partial charge is 0.308 e. The first-order valence-electron chi connectivity index (χ1n) is 14.4. The van der Waals surface area contributed by atoms with Gasteiger partial charge in [-0.2, -0.15) is 0 Å². The highest BCUT2D eigenvalue weighted by Gasteiger charge is 2.18. The Morgan fingerprint density at radius 2 is 1.05 bits per heavy atom. The molecule has 0 N–H and O–H groups in total. The van der Waals surface area contributed by atoms with Crippen LogP contribution in [0.15, 0.2) is 152 Å². The van der Waals surface area contributed by atoms with E-state index in [2.05, 4.69) is 89.2 Å². The molecule has 200 valence electrons. The van der Waals surface area contributed by atoms with Crippen LogP contribution in [0.3, 0.4) is 0 Å². The third-order valence-corrected chi connectivity index (χ3v) is 7.82. The van der Waals surface area contributed by atoms with E-state index in [-0.39, 0.29) is 0 Å². The summed E-state index contributed by atoms with van der Waals surface area (Å²) in [6.45, 7) is 0. The Bertz CT molecular complexity index is 2340. The molecule has 2 heterocycles. The van der Waals surface area contributed by atoms with Gasteiger partial charge in [0.2, 0.25) is 0 Å². The van der Waals surface area contributed by atoms with Crippen LogP contribution in [0.2, 0.25) is 0 Å². The number of fused-ring (bicyclic) bond motifs is 4. The molecule has 0 unspecified atom stereocenters. The van der Waals surface area contributed by atoms with E-state index in [1.54, 1.807) is 0 Å². The second-order valence-electron chi connectivity index (χ2n) is 10.5. The summed E-state index contributed by atoms with van der Waals surface area (Å²) in [4.78, 5) is 10.2. The third-order valence-electron chi connectivity index (χ3n) is 7.82. The van der Waals surface area contributed by atoms with Gasteiger partial charge in [0.1, 0.15) is 0 Å². The minimum atomic E-state index is 0.873. The number of hydrogen-bond donors (Lipinski definition) is 0. The zero-order valence-corrected chi connectivity index (χ0v) is 23.3. The fourth-order valence-electron chi connectivity index (χ4n) is 5.81. The summed E-state index contributed by atoms with van der Waals surface area (Å²) in [5.41, 5.74) is 10.9. The molecule has 8 rings (SSSR count). The number of benzene rings is 6. The Kier molecular flexibility index (Phi) is 6.02. The van der Waals surface area contributed by atoms with Gasteiger partial charge in [0.15, 0.2) is 0 Å². The van der Waals surface area contributed by atoms with Gasteiger partial charge in [-0.25, -0.2) is 9.97 Å². The lowest BCUT2D eigenvalue weighted by Crippen LogP contribution is -1.98. The van der Waals surface area contributed by atoms with Gasteiger partial charge in [-0.05, 0) is 54.6 Å². The van der Waals surface area contributed by atoms with Crippen LogP contribution >= 0.6 is 0 Å². The van der Waals surface area contributed by atoms with Gasteiger partial charge < -0.3 is 4.57 Å². The van der Waals surface area contributed by atoms with Crippen molar-refractivity contribution in [3.05, 3.63) is 163 Å². The highest BCUT2D eigenvalue weighted by molar-refractivity contribution is 6.11. The van der Waals surface area contributed by atoms with E-state index in [1.807, 2.05) is 78.9 Å². The summed E-state index contributed by atoms with van der Waals surface area (Å²) in [7, 11) is 0. The molecule has 0 aliphatic carbocycles. The van der Waals surface area contributed by atoms with Crippen LogP contribution in [0.25, 0.3) is 61.0 Å². The van der Waals surface area contributed by atoms with Crippen molar-refractivity contribution in [1.29, 1.82) is 0 Å². The highest BCUT2D eigenvalue weighted by Crippen LogP contribution is 2.37. The molecule has 0 aliphatic rings. The van der Waals surface area contributed by atoms with Crippen molar-refractivity contribution in [2.24, 2.45) is 0 Å². The summed E-state index contributed by atoms with van der Waals surface area (Å²) in [6.07, 6.45) is 0. The number of para-hydroxylation sites is 4. The van der Waals surface area contributed by atoms with Crippen molar-refractivity contribution < 1.29 is 0 Å². The van der Waals surface area contributed by atoms with Gasteiger partial charge in [-0.15, -0.1) is 0 Å². The van der Waals surface area contributed by atoms with E-state index < -0.39 is 0 Å². The number of rotatable bonds is 3. The molecule has 0 saturated heterocycles. The maximum absolute atomic E-state index is 5.15. The average Bonchev–Trinajstić information content (AvgIpc) is 3.41. The predicted octanol–water partition coefficient (Wildman–Crippen LogP) is 9.46. The van der Waals surface area contributed by atoms with Gasteiger partial charge in [-0.1, -0.05) is 109 Å². The van der Waals surface area contributed by atoms with Crippen LogP contribution in [-0.4, -0.2) is 14.5 Å². The van der Waals surface area contributed by atoms with E-state index >= 15 is 0 Å². The Labute approximate surface area is 249 Å². The number of nitrogens with zero attached hydrogens (tertiary/aromatic N) is 3. The molecule has 43 heavy (non-hydrogen) atoms. The number of aromatic nitrogens is 3. The van der Waals surface area contributed by atoms with Crippen molar-refractivity contribution in [2.45, 2.75) is 0 Å². The molecule has 0 radical (unpaired) electrons. The minimum absolute atomic E-state index is 0.873. The van der Waals surface area contributed by atoms with Crippen LogP contribution < -0.4 is 0 Å². The Hall–Kier alpha value is -5.98. The molecule has 0 fully saturated rings. The first kappa shape index (κ1) is 24.8. The highest BCUT2D eigenvalue weighted by atomic mass is 15.0. The molecular formula is C40H25N3. The van der Waals surface area contributed by atoms with Crippen molar-refractivity contribution in [1.82, 2.24) is 14.5 Å². The quantitative estimate of drug-likeness (QED) is 0.206. The first-order chi connectivity index (χ1) is 21.3. The average molecular weight is 548 g/mol. The van der Waals surface area contributed by atoms with Crippen LogP contribution in [0.5, 0.6) is 0 Å². The summed E-state index contributed by atoms with van der Waals surface area (Å²) < 4.78 is 2.33. The maximum Gasteiger partial charge on any atom is 0.0973 e. The SMILES string of the molecule is C(#Cc1ccccc1-n1c2ccccc2c2cc(-c3nc4ccccc4nc3-c3ccccc3)ccc21)c1ccccc1. The minimum Gasteiger partial charge on any atom is -0.308 e. The fraction of sp³-hybridized carbons (Fsp3) is 0. The normalized spacial score (nSPS) is 11.1. The van der Waals surface area contributed by atoms with E-state index in [4.69, 9.17) is 9.97 Å². The molecule has 3 nitrogen and oxygen atoms in total. The molecule has 0 amide bonds. The van der Waals surface area contributed by atoms with E-state index in [9.17, 15) is 0 Å². The van der Waals surface area contributed by atoms with Gasteiger partial charge >= 0.3 is 0 Å². The standard InChI is InChI=1S/C40H25N3/c1-3-13-28(14-4-1)23-24-29-15-7-11-21-36(29)43-37-22-12-8-18-32(37)33-27-31(25-26-38(33)43)40-39(30-16-5-2-6-17-30)41-34-19-9-10-20-35(34)42-40/h1-22,25-27H. The summed E-state index contributed by atoms with van der Waals surface area (Å²) in [6, 6.07) is 52.1. The van der Waals surface area contributed by atoms with Crippen LogP contribution in [0.4, 0.5) is 0 Å². The predicted molar refractivity (Wildman–Crippen MR) is 177 cm³/mol. The molecule has 3 heteroatoms. The van der Waals surface area contributed by atoms with E-state index in [0.29, 0.717) is 0 Å². The summed E-state index contributed by atoms with van der Waals surface area (Å²) >= 11 is 0. The molecular weight excluding hydrogens is 522 g/mol. The van der Waals surface area contributed by atoms with Gasteiger partial charge in [-0.3, -0.25) is 0 Å². The second kappa shape index (κ2) is 10.4. The van der Waals surface area contributed by atoms with Crippen molar-refractivity contribution in [3.8, 4) is 40.0 Å². The lowest BCUT2D eigenvalue weighted by atomic mass is 10.0. The summed E-state index contributed by atoms with van der Waals surface area (Å²) in [5.74, 6) is 6.79. The second-order valence-corrected chi connectivity index (χ2v) is 10.5. The molecule has 0 saturated carbocycles. The third kappa shape index (κ3) is 4.43. The van der Waals surface area contributed by atoms with Crippen molar-refractivity contribution in [3.63, 3.8) is 0 Å². The summed E-state index contributed by atoms with van der Waals surface area (Å²) in [5, 5.41) is 2.34. The Balaban J connectivity index is 1.36. The molecule has 0 atom stereocenters. The molecule has 0 bridgehead atoms. The molecule has 0 aliphatic heterocycles. The topological polar surface area (TPSA) is 30.7 Å². The van der Waals surface area contributed by atoms with Gasteiger partial charge in [0.05, 0.1) is 39.1 Å². The monoisotopic (exact) mass is 547 g/mol. The smallest absolute Gasteiger partial charge is 0.0973 e. The van der Waals surface area contributed by atoms with E-state index in [1.165, 1.54) is 5.39 Å². The zero-order valence-electron chi connectivity index (χ0n) is 23.3. The Morgan fingerprint density at radius 1 is 0.442 bits per heavy atom. The molecule has 2 aromatic heterocycles. The van der Waals surface area contributed by atoms with Crippen molar-refractivity contribution >= 4 is 32.8 Å². The maximum atomic E-state index is 5.15. The molecule has 6 aromatic carbocycles. The molecule has 8 aromatic rings. The van der Waals surface area contributed by atoms with E-state index in [0.717, 1.165) is 66.8 Å². The lowest BCUT2D eigenvalue weighted by molar-refractivity contribution is 1.17. The van der Waals surface area contributed by atoms with Crippen LogP contribution in [0, 0.1) is 11.8 Å². The first-order valence-corrected chi connectivity index (χ1v) is 14.4. The zero-order chi connectivity index (χ0) is 28.6. The van der Waals surface area contributed by atoms with Gasteiger partial charge in [0, 0.05) is 33.0 Å². The van der Waals surface area contributed by atoms with Gasteiger partial charge in [0.25, 0.3) is 0 Å². The lowest BCUT2D eigenvalue weighted by Gasteiger charge is -2.12. The van der Waals surface area contributed by atoms with Crippen molar-refractivity contribution in [2.75, 3.05) is 0 Å². The van der Waals surface area contributed by atoms with Crippen LogP contribution in [0.1, 0.15) is 11.1 Å².